The lowest BCUT2D eigenvalue weighted by Crippen LogP contribution is -2.42. The zero-order chi connectivity index (χ0) is 29.5. The molecule has 42 heavy (non-hydrogen) atoms. The van der Waals surface area contributed by atoms with E-state index in [0.29, 0.717) is 81.5 Å². The summed E-state index contributed by atoms with van der Waals surface area (Å²) in [5.74, 6) is -0.395. The Kier molecular flexibility index (Phi) is 9.18. The molecule has 10 nitrogen and oxygen atoms in total. The number of carbonyl (C=O) groups excluding carboxylic acids is 3. The maximum Gasteiger partial charge on any atom is 0.321 e. The van der Waals surface area contributed by atoms with Gasteiger partial charge in [0, 0.05) is 56.2 Å². The van der Waals surface area contributed by atoms with E-state index < -0.39 is 5.82 Å². The number of ether oxygens (including phenoxy) is 2. The highest BCUT2D eigenvalue weighted by Crippen LogP contribution is 2.28. The number of nitrogens with one attached hydrogen (secondary N) is 2. The van der Waals surface area contributed by atoms with Crippen molar-refractivity contribution in [2.24, 2.45) is 0 Å². The molecule has 0 atom stereocenters. The van der Waals surface area contributed by atoms with Gasteiger partial charge in [-0.2, -0.15) is 0 Å². The Bertz CT molecular complexity index is 1440. The van der Waals surface area contributed by atoms with Crippen molar-refractivity contribution in [2.45, 2.75) is 6.42 Å². The van der Waals surface area contributed by atoms with Gasteiger partial charge in [-0.05, 0) is 55.0 Å². The lowest BCUT2D eigenvalue weighted by Gasteiger charge is -2.30. The number of hydrogen-bond acceptors (Lipinski definition) is 6. The molecule has 220 valence electrons. The van der Waals surface area contributed by atoms with Crippen LogP contribution in [0.15, 0.2) is 66.7 Å². The molecule has 0 radical (unpaired) electrons. The summed E-state index contributed by atoms with van der Waals surface area (Å²) in [7, 11) is 1.54. The summed E-state index contributed by atoms with van der Waals surface area (Å²) in [6.07, 6.45) is 0.657. The standard InChI is InChI=1S/C31H34FN5O5/c1-41-24-7-4-6-22(20-24)29(38)33-23-10-11-28(25(21-23)30(39)36-16-18-42-19-17-36)35-12-5-13-37(15-14-35)31(40)34-27-9-3-2-8-26(27)32/h2-4,6-11,20-21H,5,12-19H2,1H3,(H,33,38)(H,34,40). The summed E-state index contributed by atoms with van der Waals surface area (Å²) in [5.41, 5.74) is 2.24. The van der Waals surface area contributed by atoms with Crippen LogP contribution in [0.25, 0.3) is 0 Å². The number of anilines is 3. The fourth-order valence-corrected chi connectivity index (χ4v) is 5.08. The van der Waals surface area contributed by atoms with E-state index in [1.54, 1.807) is 58.3 Å². The van der Waals surface area contributed by atoms with E-state index in [2.05, 4.69) is 15.5 Å². The third kappa shape index (κ3) is 6.80. The van der Waals surface area contributed by atoms with E-state index >= 15 is 0 Å². The van der Waals surface area contributed by atoms with Gasteiger partial charge in [0.1, 0.15) is 11.6 Å². The van der Waals surface area contributed by atoms with Crippen LogP contribution >= 0.6 is 0 Å². The Morgan fingerprint density at radius 3 is 2.43 bits per heavy atom. The molecule has 2 fully saturated rings. The first-order chi connectivity index (χ1) is 20.4. The maximum absolute atomic E-state index is 14.1. The number of morpholine rings is 1. The van der Waals surface area contributed by atoms with Crippen molar-refractivity contribution in [1.29, 1.82) is 0 Å². The quantitative estimate of drug-likeness (QED) is 0.454. The Labute approximate surface area is 244 Å². The molecule has 0 saturated carbocycles. The molecule has 3 aromatic rings. The molecule has 0 unspecified atom stereocenters. The highest BCUT2D eigenvalue weighted by atomic mass is 19.1. The monoisotopic (exact) mass is 575 g/mol. The second-order valence-corrected chi connectivity index (χ2v) is 10.1. The predicted molar refractivity (Wildman–Crippen MR) is 158 cm³/mol. The van der Waals surface area contributed by atoms with Gasteiger partial charge < -0.3 is 34.8 Å². The number of rotatable bonds is 6. The van der Waals surface area contributed by atoms with Crippen LogP contribution in [0.3, 0.4) is 0 Å². The van der Waals surface area contributed by atoms with E-state index in [4.69, 9.17) is 9.47 Å². The Morgan fingerprint density at radius 2 is 1.64 bits per heavy atom. The average Bonchev–Trinajstić information content (AvgIpc) is 3.29. The number of carbonyl (C=O) groups is 3. The Balaban J connectivity index is 1.35. The highest BCUT2D eigenvalue weighted by molar-refractivity contribution is 6.06. The average molecular weight is 576 g/mol. The van der Waals surface area contributed by atoms with Crippen molar-refractivity contribution >= 4 is 34.9 Å². The molecule has 5 rings (SSSR count). The number of para-hydroxylation sites is 1. The van der Waals surface area contributed by atoms with Crippen LogP contribution in [-0.2, 0) is 4.74 Å². The van der Waals surface area contributed by atoms with Crippen LogP contribution in [0.2, 0.25) is 0 Å². The molecule has 0 bridgehead atoms. The summed E-state index contributed by atoms with van der Waals surface area (Å²) in [6.45, 7) is 3.83. The van der Waals surface area contributed by atoms with E-state index in [-0.39, 0.29) is 23.5 Å². The van der Waals surface area contributed by atoms with E-state index in [1.807, 2.05) is 6.07 Å². The van der Waals surface area contributed by atoms with Crippen molar-refractivity contribution in [1.82, 2.24) is 9.80 Å². The number of benzene rings is 3. The van der Waals surface area contributed by atoms with Crippen molar-refractivity contribution in [3.63, 3.8) is 0 Å². The molecule has 2 saturated heterocycles. The number of nitrogens with zero attached hydrogens (tertiary/aromatic N) is 3. The fourth-order valence-electron chi connectivity index (χ4n) is 5.08. The molecule has 2 aliphatic heterocycles. The van der Waals surface area contributed by atoms with Crippen molar-refractivity contribution in [2.75, 3.05) is 75.1 Å². The first-order valence-electron chi connectivity index (χ1n) is 13.9. The second-order valence-electron chi connectivity index (χ2n) is 10.1. The first kappa shape index (κ1) is 28.9. The summed E-state index contributed by atoms with van der Waals surface area (Å²) in [5, 5.41) is 5.55. The van der Waals surface area contributed by atoms with E-state index in [0.717, 1.165) is 5.69 Å². The first-order valence-corrected chi connectivity index (χ1v) is 13.9. The van der Waals surface area contributed by atoms with Crippen molar-refractivity contribution < 1.29 is 28.2 Å². The van der Waals surface area contributed by atoms with Crippen LogP contribution < -0.4 is 20.3 Å². The second kappa shape index (κ2) is 13.3. The molecule has 4 amide bonds. The summed E-state index contributed by atoms with van der Waals surface area (Å²) in [6, 6.07) is 17.8. The van der Waals surface area contributed by atoms with E-state index in [9.17, 15) is 18.8 Å². The van der Waals surface area contributed by atoms with Crippen LogP contribution in [0.1, 0.15) is 27.1 Å². The van der Waals surface area contributed by atoms with Crippen molar-refractivity contribution in [3.8, 4) is 5.75 Å². The minimum absolute atomic E-state index is 0.133. The fraction of sp³-hybridized carbons (Fsp3) is 0.323. The van der Waals surface area contributed by atoms with Gasteiger partial charge in [-0.3, -0.25) is 9.59 Å². The number of hydrogen-bond donors (Lipinski definition) is 2. The van der Waals surface area contributed by atoms with Gasteiger partial charge in [-0.15, -0.1) is 0 Å². The molecule has 2 N–H and O–H groups in total. The predicted octanol–water partition coefficient (Wildman–Crippen LogP) is 4.30. The van der Waals surface area contributed by atoms with Crippen LogP contribution in [-0.4, -0.2) is 87.2 Å². The summed E-state index contributed by atoms with van der Waals surface area (Å²) >= 11 is 0. The van der Waals surface area contributed by atoms with Gasteiger partial charge in [-0.25, -0.2) is 9.18 Å². The largest absolute Gasteiger partial charge is 0.497 e. The van der Waals surface area contributed by atoms with Gasteiger partial charge in [0.25, 0.3) is 11.8 Å². The number of halogens is 1. The van der Waals surface area contributed by atoms with Gasteiger partial charge >= 0.3 is 6.03 Å². The maximum atomic E-state index is 14.1. The zero-order valence-electron chi connectivity index (χ0n) is 23.5. The van der Waals surface area contributed by atoms with Crippen LogP contribution in [0, 0.1) is 5.82 Å². The smallest absolute Gasteiger partial charge is 0.321 e. The van der Waals surface area contributed by atoms with Gasteiger partial charge in [0.2, 0.25) is 0 Å². The molecular formula is C31H34FN5O5. The molecule has 2 aliphatic rings. The summed E-state index contributed by atoms with van der Waals surface area (Å²) in [4.78, 5) is 45.1. The van der Waals surface area contributed by atoms with Gasteiger partial charge in [0.05, 0.1) is 31.6 Å². The highest BCUT2D eigenvalue weighted by Gasteiger charge is 2.26. The molecular weight excluding hydrogens is 541 g/mol. The number of urea groups is 1. The summed E-state index contributed by atoms with van der Waals surface area (Å²) < 4.78 is 24.8. The topological polar surface area (TPSA) is 103 Å². The number of methoxy groups -OCH3 is 1. The minimum Gasteiger partial charge on any atom is -0.497 e. The van der Waals surface area contributed by atoms with Crippen LogP contribution in [0.4, 0.5) is 26.2 Å². The molecule has 11 heteroatoms. The molecule has 0 aromatic heterocycles. The minimum atomic E-state index is -0.493. The lowest BCUT2D eigenvalue weighted by atomic mass is 10.1. The lowest BCUT2D eigenvalue weighted by molar-refractivity contribution is 0.0303. The van der Waals surface area contributed by atoms with Gasteiger partial charge in [0.15, 0.2) is 0 Å². The molecule has 0 spiro atoms. The van der Waals surface area contributed by atoms with Crippen LogP contribution in [0.5, 0.6) is 5.75 Å². The Hall–Kier alpha value is -4.64. The van der Waals surface area contributed by atoms with Crippen molar-refractivity contribution in [3.05, 3.63) is 83.7 Å². The molecule has 3 aromatic carbocycles. The molecule has 2 heterocycles. The molecule has 0 aliphatic carbocycles. The Morgan fingerprint density at radius 1 is 0.833 bits per heavy atom. The van der Waals surface area contributed by atoms with Gasteiger partial charge in [-0.1, -0.05) is 18.2 Å². The normalized spacial score (nSPS) is 15.5. The zero-order valence-corrected chi connectivity index (χ0v) is 23.5. The third-order valence-electron chi connectivity index (χ3n) is 7.35. The third-order valence-corrected chi connectivity index (χ3v) is 7.35. The van der Waals surface area contributed by atoms with E-state index in [1.165, 1.54) is 19.2 Å². The number of amides is 4. The SMILES string of the molecule is COc1cccc(C(=O)Nc2ccc(N3CCCN(C(=O)Nc4ccccc4F)CC3)c(C(=O)N3CCOCC3)c2)c1.